The number of rotatable bonds is 6. The number of aromatic nitrogens is 2. The Morgan fingerprint density at radius 2 is 2.00 bits per heavy atom. The Kier molecular flexibility index (Phi) is 6.70. The van der Waals surface area contributed by atoms with Crippen molar-refractivity contribution in [2.45, 2.75) is 25.3 Å². The molecule has 0 bridgehead atoms. The standard InChI is InChI=1S/C21H21ClFN3O3S/c1-12-7-13(2)19(30(4)28)9-17(12)24-21-25-20(27)18(29-3)11-26(21)10-14-5-6-16(23)15(22)8-14/h5-9,11H,10H2,1-4H3,(H,24,25,27). The van der Waals surface area contributed by atoms with Gasteiger partial charge >= 0.3 is 5.56 Å². The Balaban J connectivity index is 2.06. The minimum Gasteiger partial charge on any atom is -0.612 e. The van der Waals surface area contributed by atoms with Gasteiger partial charge in [-0.25, -0.2) is 4.39 Å². The van der Waals surface area contributed by atoms with E-state index in [-0.39, 0.29) is 23.3 Å². The third kappa shape index (κ3) is 4.77. The van der Waals surface area contributed by atoms with E-state index in [2.05, 4.69) is 10.3 Å². The van der Waals surface area contributed by atoms with Crippen molar-refractivity contribution in [1.82, 2.24) is 9.55 Å². The quantitative estimate of drug-likeness (QED) is 0.571. The van der Waals surface area contributed by atoms with Crippen LogP contribution in [0.2, 0.25) is 5.02 Å². The first-order valence-electron chi connectivity index (χ1n) is 9.00. The second kappa shape index (κ2) is 9.07. The maximum Gasteiger partial charge on any atom is 0.316 e. The molecule has 3 rings (SSSR count). The van der Waals surface area contributed by atoms with Gasteiger partial charge in [-0.15, -0.1) is 0 Å². The first-order valence-corrected chi connectivity index (χ1v) is 10.9. The fourth-order valence-electron chi connectivity index (χ4n) is 3.07. The van der Waals surface area contributed by atoms with Crippen LogP contribution < -0.4 is 15.6 Å². The van der Waals surface area contributed by atoms with Gasteiger partial charge < -0.3 is 19.2 Å². The van der Waals surface area contributed by atoms with Gasteiger partial charge in [0, 0.05) is 17.3 Å². The monoisotopic (exact) mass is 449 g/mol. The van der Waals surface area contributed by atoms with Gasteiger partial charge in [0.1, 0.15) is 12.1 Å². The first-order chi connectivity index (χ1) is 14.2. The average molecular weight is 450 g/mol. The van der Waals surface area contributed by atoms with Crippen LogP contribution in [0, 0.1) is 19.7 Å². The van der Waals surface area contributed by atoms with E-state index in [9.17, 15) is 13.7 Å². The molecule has 2 aromatic carbocycles. The van der Waals surface area contributed by atoms with Crippen molar-refractivity contribution < 1.29 is 13.7 Å². The van der Waals surface area contributed by atoms with E-state index in [1.54, 1.807) is 23.0 Å². The molecule has 1 atom stereocenters. The predicted molar refractivity (Wildman–Crippen MR) is 117 cm³/mol. The predicted octanol–water partition coefficient (Wildman–Crippen LogP) is 4.19. The topological polar surface area (TPSA) is 79.2 Å². The van der Waals surface area contributed by atoms with Crippen molar-refractivity contribution in [3.63, 3.8) is 0 Å². The molecule has 0 amide bonds. The minimum absolute atomic E-state index is 0.00687. The molecule has 0 radical (unpaired) electrons. The molecule has 0 aliphatic heterocycles. The third-order valence-corrected chi connectivity index (χ3v) is 5.95. The summed E-state index contributed by atoms with van der Waals surface area (Å²) >= 11 is 4.73. The second-order valence-corrected chi connectivity index (χ2v) is 8.58. The van der Waals surface area contributed by atoms with Crippen molar-refractivity contribution in [2.24, 2.45) is 0 Å². The molecule has 3 aromatic rings. The molecule has 0 fully saturated rings. The zero-order chi connectivity index (χ0) is 22.0. The SMILES string of the molecule is COc1cn(Cc2ccc(F)c(Cl)c2)c(Nc2cc([S+](C)[O-])c(C)cc2C)nc1=O. The largest absolute Gasteiger partial charge is 0.612 e. The maximum absolute atomic E-state index is 13.5. The van der Waals surface area contributed by atoms with Crippen LogP contribution in [0.4, 0.5) is 16.0 Å². The molecule has 158 valence electrons. The van der Waals surface area contributed by atoms with Gasteiger partial charge in [0.25, 0.3) is 0 Å². The van der Waals surface area contributed by atoms with Crippen molar-refractivity contribution >= 4 is 34.4 Å². The first kappa shape index (κ1) is 22.1. The van der Waals surface area contributed by atoms with Gasteiger partial charge in [-0.2, -0.15) is 4.98 Å². The van der Waals surface area contributed by atoms with Crippen molar-refractivity contribution in [3.05, 3.63) is 74.4 Å². The third-order valence-electron chi connectivity index (χ3n) is 4.60. The van der Waals surface area contributed by atoms with Crippen molar-refractivity contribution in [2.75, 3.05) is 18.7 Å². The molecule has 0 aliphatic carbocycles. The van der Waals surface area contributed by atoms with E-state index in [1.807, 2.05) is 19.9 Å². The van der Waals surface area contributed by atoms with E-state index in [4.69, 9.17) is 16.3 Å². The average Bonchev–Trinajstić information content (AvgIpc) is 2.68. The molecule has 0 spiro atoms. The summed E-state index contributed by atoms with van der Waals surface area (Å²) in [6.07, 6.45) is 3.14. The Bertz CT molecular complexity index is 1150. The second-order valence-electron chi connectivity index (χ2n) is 6.83. The Morgan fingerprint density at radius 3 is 2.63 bits per heavy atom. The van der Waals surface area contributed by atoms with Gasteiger partial charge in [0.15, 0.2) is 4.90 Å². The number of ether oxygens (including phenoxy) is 1. The van der Waals surface area contributed by atoms with Gasteiger partial charge in [-0.05, 0) is 54.3 Å². The van der Waals surface area contributed by atoms with Gasteiger partial charge in [0.2, 0.25) is 11.7 Å². The van der Waals surface area contributed by atoms with E-state index >= 15 is 0 Å². The lowest BCUT2D eigenvalue weighted by molar-refractivity contribution is 0.402. The molecule has 0 saturated carbocycles. The van der Waals surface area contributed by atoms with Crippen LogP contribution in [0.15, 0.2) is 46.2 Å². The summed E-state index contributed by atoms with van der Waals surface area (Å²) in [5.41, 5.74) is 2.68. The Hall–Kier alpha value is -2.55. The fraction of sp³-hybridized carbons (Fsp3) is 0.238. The lowest BCUT2D eigenvalue weighted by atomic mass is 10.1. The molecule has 0 aliphatic rings. The summed E-state index contributed by atoms with van der Waals surface area (Å²) in [5, 5.41) is 3.16. The molecule has 1 N–H and O–H groups in total. The lowest BCUT2D eigenvalue weighted by Gasteiger charge is -2.18. The van der Waals surface area contributed by atoms with Gasteiger partial charge in [-0.3, -0.25) is 4.79 Å². The molecular formula is C21H21ClFN3O3S. The molecule has 9 heteroatoms. The maximum atomic E-state index is 13.5. The highest BCUT2D eigenvalue weighted by Gasteiger charge is 2.16. The summed E-state index contributed by atoms with van der Waals surface area (Å²) in [5.74, 6) is -0.171. The zero-order valence-corrected chi connectivity index (χ0v) is 18.5. The molecule has 0 saturated heterocycles. The molecule has 1 unspecified atom stereocenters. The highest BCUT2D eigenvalue weighted by Crippen LogP contribution is 2.27. The van der Waals surface area contributed by atoms with Crippen LogP contribution in [0.5, 0.6) is 5.75 Å². The van der Waals surface area contributed by atoms with E-state index < -0.39 is 22.6 Å². The van der Waals surface area contributed by atoms with Crippen LogP contribution in [0.25, 0.3) is 0 Å². The summed E-state index contributed by atoms with van der Waals surface area (Å²) in [6.45, 7) is 4.07. The Morgan fingerprint density at radius 1 is 1.27 bits per heavy atom. The summed E-state index contributed by atoms with van der Waals surface area (Å²) < 4.78 is 32.3. The fourth-order valence-corrected chi connectivity index (χ4v) is 4.06. The van der Waals surface area contributed by atoms with Gasteiger partial charge in [-0.1, -0.05) is 17.7 Å². The summed E-state index contributed by atoms with van der Waals surface area (Å²) in [4.78, 5) is 17.1. The van der Waals surface area contributed by atoms with Crippen LogP contribution in [-0.4, -0.2) is 27.5 Å². The number of hydrogen-bond acceptors (Lipinski definition) is 5. The highest BCUT2D eigenvalue weighted by molar-refractivity contribution is 7.90. The van der Waals surface area contributed by atoms with E-state index in [0.29, 0.717) is 16.1 Å². The van der Waals surface area contributed by atoms with E-state index in [1.165, 1.54) is 25.4 Å². The highest BCUT2D eigenvalue weighted by atomic mass is 35.5. The smallest absolute Gasteiger partial charge is 0.316 e. The zero-order valence-electron chi connectivity index (χ0n) is 17.0. The van der Waals surface area contributed by atoms with Crippen LogP contribution in [0.1, 0.15) is 16.7 Å². The summed E-state index contributed by atoms with van der Waals surface area (Å²) in [7, 11) is 1.39. The summed E-state index contributed by atoms with van der Waals surface area (Å²) in [6, 6.07) is 8.11. The molecular weight excluding hydrogens is 429 g/mol. The molecule has 6 nitrogen and oxygen atoms in total. The number of methoxy groups -OCH3 is 1. The molecule has 30 heavy (non-hydrogen) atoms. The number of aryl methyl sites for hydroxylation is 2. The number of nitrogens with one attached hydrogen (secondary N) is 1. The van der Waals surface area contributed by atoms with Crippen LogP contribution in [-0.2, 0) is 17.7 Å². The minimum atomic E-state index is -1.17. The molecule has 1 aromatic heterocycles. The number of benzene rings is 2. The molecule has 1 heterocycles. The van der Waals surface area contributed by atoms with Crippen molar-refractivity contribution in [3.8, 4) is 5.75 Å². The normalized spacial score (nSPS) is 12.0. The number of hydrogen-bond donors (Lipinski definition) is 1. The number of nitrogens with zero attached hydrogens (tertiary/aromatic N) is 2. The lowest BCUT2D eigenvalue weighted by Crippen LogP contribution is -2.19. The number of halogens is 2. The van der Waals surface area contributed by atoms with Crippen LogP contribution in [0.3, 0.4) is 0 Å². The Labute approximate surface area is 181 Å². The van der Waals surface area contributed by atoms with Crippen LogP contribution >= 0.6 is 11.6 Å². The number of anilines is 2. The van der Waals surface area contributed by atoms with Crippen molar-refractivity contribution in [1.29, 1.82) is 0 Å². The van der Waals surface area contributed by atoms with Gasteiger partial charge in [0.05, 0.1) is 24.9 Å². The van der Waals surface area contributed by atoms with E-state index in [0.717, 1.165) is 11.1 Å².